The third-order valence-corrected chi connectivity index (χ3v) is 2.86. The first-order valence-corrected chi connectivity index (χ1v) is 5.21. The van der Waals surface area contributed by atoms with Crippen molar-refractivity contribution >= 4 is 40.6 Å². The zero-order chi connectivity index (χ0) is 11.9. The van der Waals surface area contributed by atoms with Gasteiger partial charge in [0.25, 0.3) is 0 Å². The fourth-order valence-electron chi connectivity index (χ4n) is 1.52. The van der Waals surface area contributed by atoms with Crippen molar-refractivity contribution in [3.05, 3.63) is 28.0 Å². The Kier molecular flexibility index (Phi) is 2.86. The molecule has 0 unspecified atom stereocenters. The Morgan fingerprint density at radius 1 is 1.19 bits per heavy atom. The number of amides is 1. The average molecular weight is 262 g/mol. The van der Waals surface area contributed by atoms with Gasteiger partial charge in [0.15, 0.2) is 5.78 Å². The zero-order valence-electron chi connectivity index (χ0n) is 7.97. The Morgan fingerprint density at radius 2 is 1.88 bits per heavy atom. The first kappa shape index (κ1) is 11.4. The highest BCUT2D eigenvalue weighted by Gasteiger charge is 2.30. The molecule has 1 aromatic carbocycles. The zero-order valence-corrected chi connectivity index (χ0v) is 9.48. The Balaban J connectivity index is 2.45. The Morgan fingerprint density at radius 3 is 2.44 bits per heavy atom. The number of hydrogen-bond donors (Lipinski definition) is 0. The van der Waals surface area contributed by atoms with E-state index in [0.717, 1.165) is 11.0 Å². The van der Waals surface area contributed by atoms with E-state index in [9.17, 15) is 14.0 Å². The molecule has 2 rings (SSSR count). The molecule has 1 aromatic rings. The molecule has 1 aliphatic heterocycles. The molecule has 3 nitrogen and oxygen atoms in total. The van der Waals surface area contributed by atoms with Gasteiger partial charge in [-0.2, -0.15) is 0 Å². The molecule has 0 N–H and O–H groups in total. The van der Waals surface area contributed by atoms with E-state index in [-0.39, 0.29) is 40.4 Å². The summed E-state index contributed by atoms with van der Waals surface area (Å²) in [4.78, 5) is 23.7. The van der Waals surface area contributed by atoms with Crippen molar-refractivity contribution in [2.24, 2.45) is 0 Å². The van der Waals surface area contributed by atoms with Crippen molar-refractivity contribution < 1.29 is 14.0 Å². The highest BCUT2D eigenvalue weighted by atomic mass is 35.5. The van der Waals surface area contributed by atoms with Gasteiger partial charge >= 0.3 is 0 Å². The number of halogens is 3. The molecule has 1 amide bonds. The average Bonchev–Trinajstić information content (AvgIpc) is 2.51. The van der Waals surface area contributed by atoms with Crippen LogP contribution in [0.3, 0.4) is 0 Å². The van der Waals surface area contributed by atoms with Gasteiger partial charge in [-0.3, -0.25) is 9.59 Å². The monoisotopic (exact) mass is 261 g/mol. The van der Waals surface area contributed by atoms with Gasteiger partial charge in [-0.05, 0) is 6.07 Å². The van der Waals surface area contributed by atoms with Crippen molar-refractivity contribution in [1.29, 1.82) is 0 Å². The second kappa shape index (κ2) is 4.03. The first-order valence-electron chi connectivity index (χ1n) is 4.45. The summed E-state index contributed by atoms with van der Waals surface area (Å²) in [5.74, 6) is -1.27. The third kappa shape index (κ3) is 1.90. The van der Waals surface area contributed by atoms with Gasteiger partial charge < -0.3 is 4.90 Å². The maximum absolute atomic E-state index is 13.2. The maximum atomic E-state index is 13.2. The predicted octanol–water partition coefficient (Wildman–Crippen LogP) is 2.44. The minimum atomic E-state index is -0.673. The fraction of sp³-hybridized carbons (Fsp3) is 0.200. The van der Waals surface area contributed by atoms with Crippen LogP contribution >= 0.6 is 23.2 Å². The lowest BCUT2D eigenvalue weighted by Gasteiger charge is -2.16. The SMILES string of the molecule is O=C1CC(=O)N(c2cc(F)c(Cl)cc2Cl)C1. The highest BCUT2D eigenvalue weighted by Crippen LogP contribution is 2.32. The van der Waals surface area contributed by atoms with E-state index in [1.54, 1.807) is 0 Å². The molecule has 1 aliphatic rings. The van der Waals surface area contributed by atoms with Gasteiger partial charge in [-0.1, -0.05) is 23.2 Å². The summed E-state index contributed by atoms with van der Waals surface area (Å²) < 4.78 is 13.2. The van der Waals surface area contributed by atoms with Crippen molar-refractivity contribution in [1.82, 2.24) is 0 Å². The number of rotatable bonds is 1. The largest absolute Gasteiger partial charge is 0.303 e. The Bertz CT molecular complexity index is 490. The number of Topliss-reactive ketones (excluding diaryl/α,β-unsaturated/α-hetero) is 1. The quantitative estimate of drug-likeness (QED) is 0.575. The first-order chi connectivity index (χ1) is 7.49. The summed E-state index contributed by atoms with van der Waals surface area (Å²) in [6, 6.07) is 2.27. The molecule has 0 aromatic heterocycles. The molecule has 16 heavy (non-hydrogen) atoms. The Labute approximate surface area is 101 Å². The lowest BCUT2D eigenvalue weighted by Crippen LogP contribution is -2.25. The van der Waals surface area contributed by atoms with Crippen molar-refractivity contribution in [3.63, 3.8) is 0 Å². The number of benzene rings is 1. The summed E-state index contributed by atoms with van der Waals surface area (Å²) in [6.07, 6.45) is -0.166. The number of carbonyl (C=O) groups excluding carboxylic acids is 2. The summed E-state index contributed by atoms with van der Waals surface area (Å²) in [7, 11) is 0. The van der Waals surface area contributed by atoms with Gasteiger partial charge in [0.05, 0.1) is 28.7 Å². The van der Waals surface area contributed by atoms with Gasteiger partial charge in [-0.25, -0.2) is 4.39 Å². The normalized spacial score (nSPS) is 16.1. The van der Waals surface area contributed by atoms with Gasteiger partial charge in [0, 0.05) is 6.07 Å². The van der Waals surface area contributed by atoms with Crippen molar-refractivity contribution in [3.8, 4) is 0 Å². The molecule has 0 radical (unpaired) electrons. The van der Waals surface area contributed by atoms with Crippen LogP contribution in [0.15, 0.2) is 12.1 Å². The van der Waals surface area contributed by atoms with E-state index in [1.807, 2.05) is 0 Å². The van der Waals surface area contributed by atoms with Crippen LogP contribution in [-0.2, 0) is 9.59 Å². The van der Waals surface area contributed by atoms with E-state index in [2.05, 4.69) is 0 Å². The fourth-order valence-corrected chi connectivity index (χ4v) is 2.01. The van der Waals surface area contributed by atoms with E-state index in [0.29, 0.717) is 0 Å². The molecule has 0 bridgehead atoms. The van der Waals surface area contributed by atoms with Crippen LogP contribution in [0.2, 0.25) is 10.0 Å². The standard InChI is InChI=1S/C10H6Cl2FNO2/c11-6-2-7(12)9(3-8(6)13)14-4-5(15)1-10(14)16/h2-3H,1,4H2. The van der Waals surface area contributed by atoms with E-state index in [1.165, 1.54) is 6.07 Å². The van der Waals surface area contributed by atoms with Crippen LogP contribution < -0.4 is 4.90 Å². The minimum absolute atomic E-state index is 0.0698. The summed E-state index contributed by atoms with van der Waals surface area (Å²) in [5, 5.41) is 0.0289. The lowest BCUT2D eigenvalue weighted by molar-refractivity contribution is -0.121. The third-order valence-electron chi connectivity index (χ3n) is 2.26. The molecule has 84 valence electrons. The van der Waals surface area contributed by atoms with Crippen LogP contribution in [0.5, 0.6) is 0 Å². The van der Waals surface area contributed by atoms with Crippen LogP contribution in [0.4, 0.5) is 10.1 Å². The number of ketones is 1. The topological polar surface area (TPSA) is 37.4 Å². The molecule has 1 fully saturated rings. The minimum Gasteiger partial charge on any atom is -0.303 e. The van der Waals surface area contributed by atoms with Gasteiger partial charge in [0.1, 0.15) is 5.82 Å². The van der Waals surface area contributed by atoms with E-state index >= 15 is 0 Å². The smallest absolute Gasteiger partial charge is 0.234 e. The molecule has 0 spiro atoms. The molecule has 6 heteroatoms. The lowest BCUT2D eigenvalue weighted by atomic mass is 10.3. The second-order valence-electron chi connectivity index (χ2n) is 3.41. The molecule has 1 heterocycles. The van der Waals surface area contributed by atoms with Crippen LogP contribution in [0, 0.1) is 5.82 Å². The molecule has 0 saturated carbocycles. The van der Waals surface area contributed by atoms with Crippen LogP contribution in [0.1, 0.15) is 6.42 Å². The Hall–Kier alpha value is -1.13. The number of carbonyl (C=O) groups is 2. The number of nitrogens with zero attached hydrogens (tertiary/aromatic N) is 1. The summed E-state index contributed by atoms with van der Waals surface area (Å²) in [6.45, 7) is -0.0698. The van der Waals surface area contributed by atoms with Gasteiger partial charge in [0.2, 0.25) is 5.91 Å². The summed E-state index contributed by atoms with van der Waals surface area (Å²) in [5.41, 5.74) is 0.180. The van der Waals surface area contributed by atoms with Crippen LogP contribution in [-0.4, -0.2) is 18.2 Å². The van der Waals surface area contributed by atoms with Gasteiger partial charge in [-0.15, -0.1) is 0 Å². The summed E-state index contributed by atoms with van der Waals surface area (Å²) >= 11 is 11.4. The second-order valence-corrected chi connectivity index (χ2v) is 4.23. The molecule has 1 saturated heterocycles. The molecule has 0 aliphatic carbocycles. The van der Waals surface area contributed by atoms with Crippen LogP contribution in [0.25, 0.3) is 0 Å². The van der Waals surface area contributed by atoms with E-state index in [4.69, 9.17) is 23.2 Å². The van der Waals surface area contributed by atoms with Crippen molar-refractivity contribution in [2.75, 3.05) is 11.4 Å². The van der Waals surface area contributed by atoms with Crippen molar-refractivity contribution in [2.45, 2.75) is 6.42 Å². The maximum Gasteiger partial charge on any atom is 0.234 e. The predicted molar refractivity (Wildman–Crippen MR) is 58.4 cm³/mol. The van der Waals surface area contributed by atoms with E-state index < -0.39 is 5.82 Å². The molecular formula is C10H6Cl2FNO2. The molecule has 0 atom stereocenters. The number of anilines is 1. The highest BCUT2D eigenvalue weighted by molar-refractivity contribution is 6.37. The number of hydrogen-bond acceptors (Lipinski definition) is 2. The molecular weight excluding hydrogens is 256 g/mol.